The molecule has 144 valence electrons. The third-order valence-corrected chi connectivity index (χ3v) is 5.17. The van der Waals surface area contributed by atoms with E-state index in [1.807, 2.05) is 55.0 Å². The first-order chi connectivity index (χ1) is 13.8. The number of aromatic nitrogens is 2. The molecule has 28 heavy (non-hydrogen) atoms. The smallest absolute Gasteiger partial charge is 0.124 e. The molecule has 1 fully saturated rings. The molecule has 0 spiro atoms. The molecular formula is C22H23ClN4O. The molecule has 1 aliphatic rings. The van der Waals surface area contributed by atoms with Crippen LogP contribution in [-0.4, -0.2) is 34.5 Å². The molecule has 1 aliphatic heterocycles. The molecule has 3 aromatic rings. The summed E-state index contributed by atoms with van der Waals surface area (Å²) in [4.78, 5) is 10.9. The number of piperazine rings is 1. The highest BCUT2D eigenvalue weighted by atomic mass is 35.5. The lowest BCUT2D eigenvalue weighted by atomic mass is 10.0. The van der Waals surface area contributed by atoms with Gasteiger partial charge in [-0.2, -0.15) is 0 Å². The summed E-state index contributed by atoms with van der Waals surface area (Å²) in [6.07, 6.45) is 7.35. The van der Waals surface area contributed by atoms with Gasteiger partial charge in [0.2, 0.25) is 0 Å². The van der Waals surface area contributed by atoms with E-state index in [4.69, 9.17) is 16.3 Å². The summed E-state index contributed by atoms with van der Waals surface area (Å²) in [7, 11) is 0. The highest BCUT2D eigenvalue weighted by Gasteiger charge is 2.25. The van der Waals surface area contributed by atoms with Gasteiger partial charge in [-0.15, -0.1) is 0 Å². The molecule has 0 radical (unpaired) electrons. The first kappa shape index (κ1) is 18.9. The van der Waals surface area contributed by atoms with E-state index in [1.54, 1.807) is 6.20 Å². The van der Waals surface area contributed by atoms with Gasteiger partial charge in [0.1, 0.15) is 12.4 Å². The molecular weight excluding hydrogens is 372 g/mol. The minimum Gasteiger partial charge on any atom is -0.489 e. The Balaban J connectivity index is 1.53. The monoisotopic (exact) mass is 394 g/mol. The van der Waals surface area contributed by atoms with Gasteiger partial charge < -0.3 is 10.1 Å². The van der Waals surface area contributed by atoms with Gasteiger partial charge in [-0.1, -0.05) is 23.7 Å². The zero-order valence-corrected chi connectivity index (χ0v) is 16.3. The van der Waals surface area contributed by atoms with Crippen molar-refractivity contribution in [3.05, 3.63) is 89.0 Å². The summed E-state index contributed by atoms with van der Waals surface area (Å²) in [5, 5.41) is 4.21. The molecule has 0 bridgehead atoms. The summed E-state index contributed by atoms with van der Waals surface area (Å²) in [5.41, 5.74) is 3.35. The molecule has 2 aromatic heterocycles. The van der Waals surface area contributed by atoms with Crippen LogP contribution in [0, 0.1) is 0 Å². The largest absolute Gasteiger partial charge is 0.489 e. The highest BCUT2D eigenvalue weighted by molar-refractivity contribution is 6.30. The molecule has 3 heterocycles. The van der Waals surface area contributed by atoms with Crippen LogP contribution in [0.5, 0.6) is 5.75 Å². The molecule has 1 aromatic carbocycles. The SMILES string of the molecule is Clc1ccc(OCc2cccnc2)c(CN2CCNCC2c2cccnc2)c1. The zero-order valence-electron chi connectivity index (χ0n) is 15.6. The molecule has 0 amide bonds. The number of pyridine rings is 2. The van der Waals surface area contributed by atoms with Crippen molar-refractivity contribution in [1.82, 2.24) is 20.2 Å². The molecule has 4 rings (SSSR count). The maximum atomic E-state index is 6.30. The Bertz CT molecular complexity index is 892. The van der Waals surface area contributed by atoms with E-state index >= 15 is 0 Å². The van der Waals surface area contributed by atoms with Crippen molar-refractivity contribution in [2.75, 3.05) is 19.6 Å². The fraction of sp³-hybridized carbons (Fsp3) is 0.273. The van der Waals surface area contributed by atoms with Crippen LogP contribution in [0.1, 0.15) is 22.7 Å². The van der Waals surface area contributed by atoms with Crippen molar-refractivity contribution >= 4 is 11.6 Å². The standard InChI is InChI=1S/C22H23ClN4O/c23-20-5-6-22(28-16-17-3-1-7-24-12-17)19(11-20)15-27-10-9-26-14-21(27)18-4-2-8-25-13-18/h1-8,11-13,21,26H,9-10,14-16H2. The number of benzene rings is 1. The predicted octanol–water partition coefficient (Wildman–Crippen LogP) is 3.86. The molecule has 1 N–H and O–H groups in total. The van der Waals surface area contributed by atoms with Crippen molar-refractivity contribution in [3.63, 3.8) is 0 Å². The van der Waals surface area contributed by atoms with Crippen molar-refractivity contribution in [1.29, 1.82) is 0 Å². The maximum Gasteiger partial charge on any atom is 0.124 e. The van der Waals surface area contributed by atoms with E-state index < -0.39 is 0 Å². The number of halogens is 1. The van der Waals surface area contributed by atoms with Gasteiger partial charge in [-0.25, -0.2) is 0 Å². The molecule has 6 heteroatoms. The van der Waals surface area contributed by atoms with Gasteiger partial charge in [0, 0.05) is 73.2 Å². The Morgan fingerprint density at radius 3 is 2.75 bits per heavy atom. The highest BCUT2D eigenvalue weighted by Crippen LogP contribution is 2.29. The fourth-order valence-corrected chi connectivity index (χ4v) is 3.71. The Labute approximate surface area is 170 Å². The Morgan fingerprint density at radius 1 is 1.11 bits per heavy atom. The van der Waals surface area contributed by atoms with Crippen LogP contribution in [0.15, 0.2) is 67.3 Å². The van der Waals surface area contributed by atoms with Crippen molar-refractivity contribution in [2.24, 2.45) is 0 Å². The van der Waals surface area contributed by atoms with Crippen LogP contribution in [0.4, 0.5) is 0 Å². The zero-order chi connectivity index (χ0) is 19.2. The lowest BCUT2D eigenvalue weighted by Gasteiger charge is -2.36. The van der Waals surface area contributed by atoms with Crippen LogP contribution >= 0.6 is 11.6 Å². The third kappa shape index (κ3) is 4.68. The fourth-order valence-electron chi connectivity index (χ4n) is 3.51. The second-order valence-electron chi connectivity index (χ2n) is 6.88. The van der Waals surface area contributed by atoms with E-state index in [9.17, 15) is 0 Å². The third-order valence-electron chi connectivity index (χ3n) is 4.94. The first-order valence-electron chi connectivity index (χ1n) is 9.44. The van der Waals surface area contributed by atoms with E-state index in [-0.39, 0.29) is 6.04 Å². The van der Waals surface area contributed by atoms with E-state index in [0.29, 0.717) is 6.61 Å². The molecule has 1 atom stereocenters. The van der Waals surface area contributed by atoms with Crippen molar-refractivity contribution in [2.45, 2.75) is 19.2 Å². The number of hydrogen-bond donors (Lipinski definition) is 1. The summed E-state index contributed by atoms with van der Waals surface area (Å²) in [6, 6.07) is 14.2. The number of hydrogen-bond acceptors (Lipinski definition) is 5. The number of nitrogens with one attached hydrogen (secondary N) is 1. The topological polar surface area (TPSA) is 50.3 Å². The van der Waals surface area contributed by atoms with E-state index in [2.05, 4.69) is 26.3 Å². The molecule has 0 saturated carbocycles. The maximum absolute atomic E-state index is 6.30. The van der Waals surface area contributed by atoms with Gasteiger partial charge in [-0.3, -0.25) is 14.9 Å². The van der Waals surface area contributed by atoms with Crippen LogP contribution in [0.3, 0.4) is 0 Å². The lowest BCUT2D eigenvalue weighted by molar-refractivity contribution is 0.151. The number of ether oxygens (including phenoxy) is 1. The van der Waals surface area contributed by atoms with Crippen molar-refractivity contribution < 1.29 is 4.74 Å². The number of nitrogens with zero attached hydrogens (tertiary/aromatic N) is 3. The van der Waals surface area contributed by atoms with Gasteiger partial charge in [0.05, 0.1) is 0 Å². The van der Waals surface area contributed by atoms with Crippen LogP contribution in [-0.2, 0) is 13.2 Å². The minimum atomic E-state index is 0.271. The van der Waals surface area contributed by atoms with Gasteiger partial charge in [-0.05, 0) is 35.9 Å². The molecule has 1 unspecified atom stereocenters. The minimum absolute atomic E-state index is 0.271. The van der Waals surface area contributed by atoms with Crippen LogP contribution in [0.25, 0.3) is 0 Å². The summed E-state index contributed by atoms with van der Waals surface area (Å²) >= 11 is 6.30. The van der Waals surface area contributed by atoms with Gasteiger partial charge >= 0.3 is 0 Å². The predicted molar refractivity (Wildman–Crippen MR) is 110 cm³/mol. The second-order valence-corrected chi connectivity index (χ2v) is 7.32. The van der Waals surface area contributed by atoms with Crippen LogP contribution in [0.2, 0.25) is 5.02 Å². The quantitative estimate of drug-likeness (QED) is 0.688. The molecule has 0 aliphatic carbocycles. The average Bonchev–Trinajstić information content (AvgIpc) is 2.75. The summed E-state index contributed by atoms with van der Waals surface area (Å²) < 4.78 is 6.11. The second kappa shape index (κ2) is 9.15. The number of rotatable bonds is 6. The Morgan fingerprint density at radius 2 is 1.96 bits per heavy atom. The van der Waals surface area contributed by atoms with E-state index in [0.717, 1.165) is 48.1 Å². The van der Waals surface area contributed by atoms with Gasteiger partial charge in [0.25, 0.3) is 0 Å². The van der Waals surface area contributed by atoms with E-state index in [1.165, 1.54) is 5.56 Å². The van der Waals surface area contributed by atoms with Gasteiger partial charge in [0.15, 0.2) is 0 Å². The molecule has 5 nitrogen and oxygen atoms in total. The van der Waals surface area contributed by atoms with Crippen LogP contribution < -0.4 is 10.1 Å². The summed E-state index contributed by atoms with van der Waals surface area (Å²) in [5.74, 6) is 0.858. The Hall–Kier alpha value is -2.47. The average molecular weight is 395 g/mol. The first-order valence-corrected chi connectivity index (χ1v) is 9.82. The van der Waals surface area contributed by atoms with Crippen molar-refractivity contribution in [3.8, 4) is 5.75 Å². The normalized spacial score (nSPS) is 17.4. The molecule has 1 saturated heterocycles. The summed E-state index contributed by atoms with van der Waals surface area (Å²) in [6.45, 7) is 4.07. The Kier molecular flexibility index (Phi) is 6.17. The lowest BCUT2D eigenvalue weighted by Crippen LogP contribution is -2.45.